The van der Waals surface area contributed by atoms with Crippen molar-refractivity contribution in [2.45, 2.75) is 38.7 Å². The number of hydrogen-bond donors (Lipinski definition) is 1. The minimum Gasteiger partial charge on any atom is -0.381 e. The molecule has 0 saturated carbocycles. The molecular weight excluding hydrogens is 352 g/mol. The molecule has 1 atom stereocenters. The van der Waals surface area contributed by atoms with Gasteiger partial charge in [0.15, 0.2) is 0 Å². The molecular formula is C23H30N2O3. The second kappa shape index (κ2) is 9.80. The van der Waals surface area contributed by atoms with Crippen LogP contribution in [0.25, 0.3) is 11.1 Å². The first-order chi connectivity index (χ1) is 13.7. The van der Waals surface area contributed by atoms with E-state index in [2.05, 4.69) is 47.6 Å². The zero-order valence-electron chi connectivity index (χ0n) is 16.8. The predicted octanol–water partition coefficient (Wildman–Crippen LogP) is 3.63. The highest BCUT2D eigenvalue weighted by Crippen LogP contribution is 2.35. The number of aromatic nitrogens is 1. The van der Waals surface area contributed by atoms with Gasteiger partial charge < -0.3 is 14.8 Å². The number of benzene rings is 1. The number of nitrogens with one attached hydrogen (secondary N) is 1. The molecule has 1 aromatic carbocycles. The van der Waals surface area contributed by atoms with Crippen LogP contribution in [0.4, 0.5) is 0 Å². The van der Waals surface area contributed by atoms with Gasteiger partial charge in [-0.2, -0.15) is 0 Å². The number of carbonyl (C=O) groups is 1. The molecule has 5 nitrogen and oxygen atoms in total. The van der Waals surface area contributed by atoms with Crippen LogP contribution < -0.4 is 5.32 Å². The van der Waals surface area contributed by atoms with Crippen LogP contribution in [0.15, 0.2) is 48.8 Å². The van der Waals surface area contributed by atoms with E-state index < -0.39 is 5.41 Å². The van der Waals surface area contributed by atoms with Gasteiger partial charge in [0, 0.05) is 39.3 Å². The minimum absolute atomic E-state index is 0.0507. The summed E-state index contributed by atoms with van der Waals surface area (Å²) in [6, 6.07) is 12.4. The number of nitrogens with zero attached hydrogens (tertiary/aromatic N) is 1. The van der Waals surface area contributed by atoms with E-state index in [0.29, 0.717) is 26.2 Å². The van der Waals surface area contributed by atoms with Crippen molar-refractivity contribution >= 4 is 5.91 Å². The van der Waals surface area contributed by atoms with Crippen molar-refractivity contribution in [1.29, 1.82) is 0 Å². The molecule has 1 saturated heterocycles. The Morgan fingerprint density at radius 3 is 2.71 bits per heavy atom. The molecule has 150 valence electrons. The molecule has 1 fully saturated rings. The third-order valence-corrected chi connectivity index (χ3v) is 5.67. The summed E-state index contributed by atoms with van der Waals surface area (Å²) in [5, 5.41) is 3.13. The Hall–Kier alpha value is -2.24. The third kappa shape index (κ3) is 4.97. The Balaban J connectivity index is 1.78. The number of methoxy groups -OCH3 is 1. The van der Waals surface area contributed by atoms with Gasteiger partial charge in [-0.25, -0.2) is 0 Å². The summed E-state index contributed by atoms with van der Waals surface area (Å²) in [6.07, 6.45) is 6.75. The average molecular weight is 383 g/mol. The first kappa shape index (κ1) is 20.5. The molecule has 28 heavy (non-hydrogen) atoms. The Labute approximate surface area is 167 Å². The van der Waals surface area contributed by atoms with Gasteiger partial charge in [0.25, 0.3) is 0 Å². The highest BCUT2D eigenvalue weighted by molar-refractivity contribution is 5.83. The molecule has 2 aromatic rings. The summed E-state index contributed by atoms with van der Waals surface area (Å²) in [5.74, 6) is 0.109. The number of pyridine rings is 1. The molecule has 1 amide bonds. The highest BCUT2D eigenvalue weighted by Gasteiger charge is 2.40. The van der Waals surface area contributed by atoms with E-state index >= 15 is 0 Å². The molecule has 1 aliphatic rings. The lowest BCUT2D eigenvalue weighted by Gasteiger charge is -2.36. The van der Waals surface area contributed by atoms with E-state index in [1.165, 1.54) is 0 Å². The molecule has 0 spiro atoms. The number of hydrogen-bond acceptors (Lipinski definition) is 4. The van der Waals surface area contributed by atoms with Crippen LogP contribution in [-0.2, 0) is 20.7 Å². The Kier molecular flexibility index (Phi) is 7.18. The Morgan fingerprint density at radius 2 is 2.04 bits per heavy atom. The quantitative estimate of drug-likeness (QED) is 0.757. The Morgan fingerprint density at radius 1 is 1.25 bits per heavy atom. The maximum atomic E-state index is 13.2. The minimum atomic E-state index is -0.433. The smallest absolute Gasteiger partial charge is 0.226 e. The lowest BCUT2D eigenvalue weighted by Crippen LogP contribution is -2.48. The standard InChI is InChI=1S/C23H30N2O3/c1-3-21(27-2)17-25-22(26)23(9-12-28-13-10-23)15-18-6-4-7-19(14-18)20-8-5-11-24-16-20/h4-8,11,14,16,21H,3,9-10,12-13,15,17H2,1-2H3,(H,25,26). The zero-order valence-corrected chi connectivity index (χ0v) is 16.8. The van der Waals surface area contributed by atoms with Crippen molar-refractivity contribution in [3.05, 3.63) is 54.4 Å². The fourth-order valence-corrected chi connectivity index (χ4v) is 3.82. The molecule has 0 radical (unpaired) electrons. The van der Waals surface area contributed by atoms with E-state index in [1.807, 2.05) is 12.3 Å². The lowest BCUT2D eigenvalue weighted by molar-refractivity contribution is -0.137. The van der Waals surface area contributed by atoms with Crippen LogP contribution >= 0.6 is 0 Å². The molecule has 0 aliphatic carbocycles. The number of rotatable bonds is 8. The van der Waals surface area contributed by atoms with E-state index in [9.17, 15) is 4.79 Å². The Bertz CT molecular complexity index is 753. The number of carbonyl (C=O) groups excluding carboxylic acids is 1. The van der Waals surface area contributed by atoms with Crippen LogP contribution in [0.1, 0.15) is 31.7 Å². The van der Waals surface area contributed by atoms with Crippen LogP contribution in [0.2, 0.25) is 0 Å². The second-order valence-corrected chi connectivity index (χ2v) is 7.49. The summed E-state index contributed by atoms with van der Waals surface area (Å²) < 4.78 is 11.0. The fourth-order valence-electron chi connectivity index (χ4n) is 3.82. The summed E-state index contributed by atoms with van der Waals surface area (Å²) in [5.41, 5.74) is 2.94. The molecule has 2 heterocycles. The summed E-state index contributed by atoms with van der Waals surface area (Å²) in [7, 11) is 1.69. The highest BCUT2D eigenvalue weighted by atomic mass is 16.5. The van der Waals surface area contributed by atoms with Gasteiger partial charge in [-0.3, -0.25) is 9.78 Å². The zero-order chi connectivity index (χ0) is 19.8. The van der Waals surface area contributed by atoms with Crippen molar-refractivity contribution in [3.8, 4) is 11.1 Å². The van der Waals surface area contributed by atoms with Crippen molar-refractivity contribution < 1.29 is 14.3 Å². The second-order valence-electron chi connectivity index (χ2n) is 7.49. The van der Waals surface area contributed by atoms with Crippen LogP contribution in [0.5, 0.6) is 0 Å². The lowest BCUT2D eigenvalue weighted by atomic mass is 9.74. The van der Waals surface area contributed by atoms with Crippen LogP contribution in [-0.4, -0.2) is 43.9 Å². The van der Waals surface area contributed by atoms with Gasteiger partial charge in [0.1, 0.15) is 0 Å². The van der Waals surface area contributed by atoms with E-state index in [4.69, 9.17) is 9.47 Å². The van der Waals surface area contributed by atoms with Gasteiger partial charge in [0.05, 0.1) is 11.5 Å². The van der Waals surface area contributed by atoms with E-state index in [1.54, 1.807) is 13.3 Å². The predicted molar refractivity (Wildman–Crippen MR) is 110 cm³/mol. The first-order valence-electron chi connectivity index (χ1n) is 10.0. The van der Waals surface area contributed by atoms with Crippen LogP contribution in [0.3, 0.4) is 0 Å². The molecule has 0 bridgehead atoms. The molecule has 5 heteroatoms. The largest absolute Gasteiger partial charge is 0.381 e. The molecule has 1 N–H and O–H groups in total. The molecule has 1 aliphatic heterocycles. The van der Waals surface area contributed by atoms with Gasteiger partial charge in [0.2, 0.25) is 5.91 Å². The average Bonchev–Trinajstić information content (AvgIpc) is 2.76. The van der Waals surface area contributed by atoms with Crippen molar-refractivity contribution in [2.75, 3.05) is 26.9 Å². The molecule has 1 unspecified atom stereocenters. The van der Waals surface area contributed by atoms with Gasteiger partial charge in [-0.15, -0.1) is 0 Å². The van der Waals surface area contributed by atoms with Gasteiger partial charge >= 0.3 is 0 Å². The normalized spacial score (nSPS) is 17.1. The maximum Gasteiger partial charge on any atom is 0.226 e. The van der Waals surface area contributed by atoms with E-state index in [0.717, 1.165) is 36.0 Å². The van der Waals surface area contributed by atoms with Crippen molar-refractivity contribution in [2.24, 2.45) is 5.41 Å². The fraction of sp³-hybridized carbons (Fsp3) is 0.478. The number of amides is 1. The maximum absolute atomic E-state index is 13.2. The van der Waals surface area contributed by atoms with Crippen molar-refractivity contribution in [3.63, 3.8) is 0 Å². The van der Waals surface area contributed by atoms with Crippen molar-refractivity contribution in [1.82, 2.24) is 10.3 Å². The summed E-state index contributed by atoms with van der Waals surface area (Å²) in [4.78, 5) is 17.4. The van der Waals surface area contributed by atoms with E-state index in [-0.39, 0.29) is 12.0 Å². The molecule has 3 rings (SSSR count). The third-order valence-electron chi connectivity index (χ3n) is 5.67. The topological polar surface area (TPSA) is 60.5 Å². The summed E-state index contributed by atoms with van der Waals surface area (Å²) >= 11 is 0. The first-order valence-corrected chi connectivity index (χ1v) is 10.0. The van der Waals surface area contributed by atoms with Gasteiger partial charge in [-0.1, -0.05) is 37.3 Å². The van der Waals surface area contributed by atoms with Gasteiger partial charge in [-0.05, 0) is 48.4 Å². The SMILES string of the molecule is CCC(CNC(=O)C1(Cc2cccc(-c3cccnc3)c2)CCOCC1)OC. The summed E-state index contributed by atoms with van der Waals surface area (Å²) in [6.45, 7) is 3.85. The van der Waals surface area contributed by atoms with Crippen LogP contribution in [0, 0.1) is 5.41 Å². The number of ether oxygens (including phenoxy) is 2. The molecule has 1 aromatic heterocycles. The monoisotopic (exact) mass is 382 g/mol.